The van der Waals surface area contributed by atoms with Gasteiger partial charge in [-0.15, -0.1) is 40.1 Å². The van der Waals surface area contributed by atoms with Gasteiger partial charge in [-0.25, -0.2) is 0 Å². The number of pyridine rings is 1. The molecule has 5 heteroatoms. The Balaban J connectivity index is 0.000000192. The molecule has 0 bridgehead atoms. The summed E-state index contributed by atoms with van der Waals surface area (Å²) in [7, 11) is 0. The van der Waals surface area contributed by atoms with Gasteiger partial charge in [0.1, 0.15) is 0 Å². The summed E-state index contributed by atoms with van der Waals surface area (Å²) in [6.07, 6.45) is 3.02. The van der Waals surface area contributed by atoms with Crippen molar-refractivity contribution < 1.29 is 48.1 Å². The summed E-state index contributed by atoms with van der Waals surface area (Å²) in [5, 5.41) is 3.79. The normalized spacial score (nSPS) is 10.6. The number of nitrogens with zero attached hydrogens (tertiary/aromatic N) is 1. The van der Waals surface area contributed by atoms with E-state index in [2.05, 4.69) is 116 Å². The van der Waals surface area contributed by atoms with E-state index in [0.717, 1.165) is 11.9 Å². The van der Waals surface area contributed by atoms with Crippen molar-refractivity contribution in [1.29, 1.82) is 0 Å². The van der Waals surface area contributed by atoms with Gasteiger partial charge in [0.2, 0.25) is 0 Å². The summed E-state index contributed by atoms with van der Waals surface area (Å²) >= 11 is 1.74. The summed E-state index contributed by atoms with van der Waals surface area (Å²) < 4.78 is 0. The summed E-state index contributed by atoms with van der Waals surface area (Å²) in [5.74, 6) is 0. The molecule has 5 aromatic carbocycles. The third-order valence-electron chi connectivity index (χ3n) is 6.41. The number of halogens is 2. The van der Waals surface area contributed by atoms with Crippen molar-refractivity contribution in [2.75, 3.05) is 0 Å². The minimum absolute atomic E-state index is 0. The van der Waals surface area contributed by atoms with Crippen LogP contribution in [0.3, 0.4) is 0 Å². The second-order valence-electron chi connectivity index (χ2n) is 9.65. The first-order valence-electron chi connectivity index (χ1n) is 12.6. The Labute approximate surface area is 259 Å². The third-order valence-corrected chi connectivity index (χ3v) is 6.41. The van der Waals surface area contributed by atoms with Crippen LogP contribution >= 0.6 is 0 Å². The van der Waals surface area contributed by atoms with Crippen LogP contribution in [0.5, 0.6) is 0 Å². The van der Waals surface area contributed by atoms with E-state index < -0.39 is 0 Å². The Morgan fingerprint density at radius 1 is 0.821 bits per heavy atom. The van der Waals surface area contributed by atoms with Crippen LogP contribution in [0.15, 0.2) is 109 Å². The average Bonchev–Trinajstić information content (AvgIpc) is 3.48. The van der Waals surface area contributed by atoms with Gasteiger partial charge in [0.05, 0.1) is 5.52 Å². The number of para-hydroxylation sites is 1. The molecule has 1 nitrogen and oxygen atoms in total. The number of fused-ring (bicyclic) bond motifs is 5. The molecule has 0 atom stereocenters. The van der Waals surface area contributed by atoms with Crippen LogP contribution in [-0.4, -0.2) is 10.4 Å². The zero-order chi connectivity index (χ0) is 25.8. The number of aromatic nitrogens is 1. The van der Waals surface area contributed by atoms with Gasteiger partial charge in [-0.1, -0.05) is 72.1 Å². The zero-order valence-corrected chi connectivity index (χ0v) is 27.3. The second kappa shape index (κ2) is 14.3. The molecule has 7 rings (SSSR count). The molecule has 0 unspecified atom stereocenters. The van der Waals surface area contributed by atoms with Gasteiger partial charge >= 0.3 is 41.9 Å². The third kappa shape index (κ3) is 7.41. The van der Waals surface area contributed by atoms with Gasteiger partial charge in [0, 0.05) is 11.6 Å². The van der Waals surface area contributed by atoms with Crippen molar-refractivity contribution in [1.82, 2.24) is 4.98 Å². The Kier molecular flexibility index (Phi) is 11.4. The van der Waals surface area contributed by atoms with Gasteiger partial charge in [-0.2, -0.15) is 35.9 Å². The Hall–Kier alpha value is -2.42. The minimum atomic E-state index is 0. The number of aryl methyl sites for hydroxylation is 1. The first-order chi connectivity index (χ1) is 18.0. The fourth-order valence-corrected chi connectivity index (χ4v) is 4.85. The molecule has 0 spiro atoms. The van der Waals surface area contributed by atoms with Gasteiger partial charge in [-0.05, 0) is 24.1 Å². The Bertz CT molecular complexity index is 1680. The van der Waals surface area contributed by atoms with Crippen LogP contribution < -0.4 is 24.8 Å². The molecule has 1 aliphatic rings. The molecule has 1 aromatic heterocycles. The Morgan fingerprint density at radius 3 is 2.33 bits per heavy atom. The quantitative estimate of drug-likeness (QED) is 0.199. The summed E-state index contributed by atoms with van der Waals surface area (Å²) in [4.78, 5) is 4.57. The van der Waals surface area contributed by atoms with E-state index in [1.54, 1.807) is 23.3 Å². The largest absolute Gasteiger partial charge is 1.00 e. The molecule has 0 radical (unpaired) electrons. The topological polar surface area (TPSA) is 12.9 Å². The van der Waals surface area contributed by atoms with Crippen molar-refractivity contribution in [2.24, 2.45) is 0 Å². The minimum Gasteiger partial charge on any atom is -1.00 e. The first kappa shape index (κ1) is 31.1. The molecule has 39 heavy (non-hydrogen) atoms. The number of hydrogen-bond donors (Lipinski definition) is 0. The maximum Gasteiger partial charge on any atom is 0.0702 e. The van der Waals surface area contributed by atoms with Gasteiger partial charge in [-0.3, -0.25) is 4.98 Å². The van der Waals surface area contributed by atoms with Gasteiger partial charge in [0.25, 0.3) is 0 Å². The standard InChI is InChI=1S/C19H14N.C13H9.C2H6Si.2ClH.Zr/c1-13-9-14-6-4-7-17(18(14)10-13)16-11-15-5-2-3-8-19(15)20-12-16;1-3-7-12-10(5-1)9-11-6-2-4-8-13(11)12;1-3-2;;;/h2-12H,1H3;1-5,7-8H,9H2;1-2H3;2*1H;/q2*-1;;;;+2/p-2. The van der Waals surface area contributed by atoms with E-state index in [4.69, 9.17) is 0 Å². The van der Waals surface area contributed by atoms with E-state index in [0.29, 0.717) is 0 Å². The molecular formula is C34H29Cl2NSiZr-2. The van der Waals surface area contributed by atoms with Crippen molar-refractivity contribution >= 4 is 27.1 Å². The molecule has 6 aromatic rings. The van der Waals surface area contributed by atoms with Crippen LogP contribution in [0, 0.1) is 13.0 Å². The van der Waals surface area contributed by atoms with E-state index >= 15 is 0 Å². The predicted molar refractivity (Wildman–Crippen MR) is 156 cm³/mol. The molecule has 0 fully saturated rings. The van der Waals surface area contributed by atoms with Crippen LogP contribution in [0.2, 0.25) is 13.1 Å². The number of benzene rings is 4. The maximum absolute atomic E-state index is 4.57. The fourth-order valence-electron chi connectivity index (χ4n) is 4.85. The van der Waals surface area contributed by atoms with Crippen LogP contribution in [0.25, 0.3) is 43.9 Å². The SMILES string of the molecule is C[Si](C)=[Zr+2].Cc1cc2c(-c3cnc4ccccc4c3)cccc2[cH-]1.[Cl-].[Cl-].[c-]1cccc2c1Cc1ccccc1-2. The molecule has 194 valence electrons. The van der Waals surface area contributed by atoms with Crippen LogP contribution in [0.1, 0.15) is 16.7 Å². The second-order valence-corrected chi connectivity index (χ2v) is 19.0. The molecule has 0 N–H and O–H groups in total. The predicted octanol–water partition coefficient (Wildman–Crippen LogP) is 2.93. The monoisotopic (exact) mass is 639 g/mol. The molecule has 0 amide bonds. The molecule has 0 saturated carbocycles. The fraction of sp³-hybridized carbons (Fsp3) is 0.118. The van der Waals surface area contributed by atoms with Crippen molar-refractivity contribution in [3.8, 4) is 22.3 Å². The summed E-state index contributed by atoms with van der Waals surface area (Å²) in [6.45, 7) is 6.76. The van der Waals surface area contributed by atoms with Crippen molar-refractivity contribution in [3.05, 3.63) is 132 Å². The molecule has 1 aliphatic carbocycles. The summed E-state index contributed by atoms with van der Waals surface area (Å²) in [6, 6.07) is 39.5. The van der Waals surface area contributed by atoms with Crippen LogP contribution in [0.4, 0.5) is 0 Å². The molecular weight excluding hydrogens is 613 g/mol. The first-order valence-corrected chi connectivity index (χ1v) is 18.8. The number of rotatable bonds is 1. The van der Waals surface area contributed by atoms with E-state index in [9.17, 15) is 0 Å². The maximum atomic E-state index is 4.57. The molecule has 1 heterocycles. The van der Waals surface area contributed by atoms with E-state index in [1.165, 1.54) is 55.1 Å². The van der Waals surface area contributed by atoms with E-state index in [1.807, 2.05) is 24.4 Å². The van der Waals surface area contributed by atoms with Crippen molar-refractivity contribution in [3.63, 3.8) is 0 Å². The molecule has 0 aliphatic heterocycles. The van der Waals surface area contributed by atoms with Crippen molar-refractivity contribution in [2.45, 2.75) is 26.4 Å². The van der Waals surface area contributed by atoms with Gasteiger partial charge in [0.15, 0.2) is 0 Å². The average molecular weight is 642 g/mol. The number of hydrogen-bond acceptors (Lipinski definition) is 1. The zero-order valence-electron chi connectivity index (χ0n) is 22.3. The smallest absolute Gasteiger partial charge is 0.0702 e. The molecule has 0 saturated heterocycles. The Morgan fingerprint density at radius 2 is 1.51 bits per heavy atom. The summed E-state index contributed by atoms with van der Waals surface area (Å²) in [5.41, 5.74) is 10.5. The van der Waals surface area contributed by atoms with Crippen LogP contribution in [-0.2, 0) is 29.8 Å². The van der Waals surface area contributed by atoms with E-state index in [-0.39, 0.29) is 30.2 Å². The van der Waals surface area contributed by atoms with Gasteiger partial charge < -0.3 is 24.8 Å².